The standard InChI is InChI=1S/C14H20N2/c1-3-12(10-16-13-6-7-13)8-14-5-4-11(2)9-15-14/h4-5,8-9,13,16H,3,6-7,10H2,1-2H3/b12-8-. The smallest absolute Gasteiger partial charge is 0.0629 e. The van der Waals surface area contributed by atoms with Gasteiger partial charge in [-0.1, -0.05) is 18.6 Å². The minimum absolute atomic E-state index is 0.779. The molecule has 1 N–H and O–H groups in total. The molecule has 0 amide bonds. The second-order valence-corrected chi connectivity index (χ2v) is 4.57. The number of nitrogens with zero attached hydrogens (tertiary/aromatic N) is 1. The minimum Gasteiger partial charge on any atom is -0.310 e. The van der Waals surface area contributed by atoms with Gasteiger partial charge in [0.05, 0.1) is 5.69 Å². The molecule has 1 saturated carbocycles. The fraction of sp³-hybridized carbons (Fsp3) is 0.500. The molecule has 16 heavy (non-hydrogen) atoms. The summed E-state index contributed by atoms with van der Waals surface area (Å²) in [7, 11) is 0. The van der Waals surface area contributed by atoms with Gasteiger partial charge in [0, 0.05) is 18.8 Å². The molecule has 1 aromatic rings. The zero-order valence-electron chi connectivity index (χ0n) is 10.2. The first kappa shape index (κ1) is 11.3. The third kappa shape index (κ3) is 3.46. The van der Waals surface area contributed by atoms with Crippen molar-refractivity contribution in [1.82, 2.24) is 10.3 Å². The Morgan fingerprint density at radius 2 is 2.31 bits per heavy atom. The molecule has 1 aliphatic carbocycles. The molecule has 0 spiro atoms. The topological polar surface area (TPSA) is 24.9 Å². The van der Waals surface area contributed by atoms with Crippen molar-refractivity contribution in [2.45, 2.75) is 39.2 Å². The van der Waals surface area contributed by atoms with Crippen LogP contribution >= 0.6 is 0 Å². The summed E-state index contributed by atoms with van der Waals surface area (Å²) in [5.74, 6) is 0. The van der Waals surface area contributed by atoms with Crippen LogP contribution in [0.25, 0.3) is 6.08 Å². The molecule has 86 valence electrons. The third-order valence-corrected chi connectivity index (χ3v) is 2.94. The van der Waals surface area contributed by atoms with Crippen LogP contribution in [0.1, 0.15) is 37.4 Å². The number of pyridine rings is 1. The third-order valence-electron chi connectivity index (χ3n) is 2.94. The number of hydrogen-bond donors (Lipinski definition) is 1. The highest BCUT2D eigenvalue weighted by atomic mass is 14.9. The highest BCUT2D eigenvalue weighted by molar-refractivity contribution is 5.49. The SMILES string of the molecule is CC/C(=C/c1ccc(C)cn1)CNC1CC1. The second kappa shape index (κ2) is 5.26. The zero-order chi connectivity index (χ0) is 11.4. The van der Waals surface area contributed by atoms with Crippen molar-refractivity contribution in [3.63, 3.8) is 0 Å². The molecular formula is C14H20N2. The summed E-state index contributed by atoms with van der Waals surface area (Å²) in [6.07, 6.45) is 7.91. The summed E-state index contributed by atoms with van der Waals surface area (Å²) >= 11 is 0. The maximum absolute atomic E-state index is 4.40. The molecule has 2 nitrogen and oxygen atoms in total. The van der Waals surface area contributed by atoms with E-state index < -0.39 is 0 Å². The van der Waals surface area contributed by atoms with Gasteiger partial charge in [-0.25, -0.2) is 0 Å². The van der Waals surface area contributed by atoms with Gasteiger partial charge in [0.2, 0.25) is 0 Å². The Kier molecular flexibility index (Phi) is 3.73. The predicted molar refractivity (Wildman–Crippen MR) is 68.3 cm³/mol. The van der Waals surface area contributed by atoms with Crippen LogP contribution in [0.4, 0.5) is 0 Å². The number of hydrogen-bond acceptors (Lipinski definition) is 2. The Balaban J connectivity index is 1.97. The molecule has 1 aromatic heterocycles. The van der Waals surface area contributed by atoms with Crippen molar-refractivity contribution in [1.29, 1.82) is 0 Å². The first-order chi connectivity index (χ1) is 7.78. The van der Waals surface area contributed by atoms with E-state index in [9.17, 15) is 0 Å². The van der Waals surface area contributed by atoms with Crippen molar-refractivity contribution < 1.29 is 0 Å². The average Bonchev–Trinajstić information content (AvgIpc) is 3.11. The average molecular weight is 216 g/mol. The van der Waals surface area contributed by atoms with Gasteiger partial charge >= 0.3 is 0 Å². The van der Waals surface area contributed by atoms with E-state index in [1.165, 1.54) is 24.0 Å². The molecule has 0 saturated heterocycles. The van der Waals surface area contributed by atoms with Crippen LogP contribution in [-0.4, -0.2) is 17.6 Å². The van der Waals surface area contributed by atoms with E-state index in [-0.39, 0.29) is 0 Å². The number of rotatable bonds is 5. The Hall–Kier alpha value is -1.15. The molecule has 2 rings (SSSR count). The Bertz CT molecular complexity index is 361. The summed E-state index contributed by atoms with van der Waals surface area (Å²) in [4.78, 5) is 4.40. The molecule has 0 aromatic carbocycles. The van der Waals surface area contributed by atoms with Crippen LogP contribution in [0, 0.1) is 6.92 Å². The van der Waals surface area contributed by atoms with Gasteiger partial charge in [0.1, 0.15) is 0 Å². The van der Waals surface area contributed by atoms with Gasteiger partial charge in [-0.15, -0.1) is 0 Å². The van der Waals surface area contributed by atoms with Gasteiger partial charge in [0.25, 0.3) is 0 Å². The maximum Gasteiger partial charge on any atom is 0.0629 e. The van der Waals surface area contributed by atoms with E-state index in [0.717, 1.165) is 24.7 Å². The van der Waals surface area contributed by atoms with Crippen LogP contribution in [0.15, 0.2) is 23.9 Å². The first-order valence-corrected chi connectivity index (χ1v) is 6.13. The second-order valence-electron chi connectivity index (χ2n) is 4.57. The highest BCUT2D eigenvalue weighted by Gasteiger charge is 2.19. The summed E-state index contributed by atoms with van der Waals surface area (Å²) in [5, 5.41) is 3.54. The predicted octanol–water partition coefficient (Wildman–Crippen LogP) is 2.94. The van der Waals surface area contributed by atoms with Crippen molar-refractivity contribution in [3.05, 3.63) is 35.2 Å². The lowest BCUT2D eigenvalue weighted by Crippen LogP contribution is -2.18. The van der Waals surface area contributed by atoms with Crippen molar-refractivity contribution in [2.75, 3.05) is 6.54 Å². The van der Waals surface area contributed by atoms with E-state index in [1.807, 2.05) is 6.20 Å². The largest absolute Gasteiger partial charge is 0.310 e. The minimum atomic E-state index is 0.779. The number of aromatic nitrogens is 1. The van der Waals surface area contributed by atoms with Crippen LogP contribution in [0.2, 0.25) is 0 Å². The maximum atomic E-state index is 4.40. The van der Waals surface area contributed by atoms with Crippen LogP contribution < -0.4 is 5.32 Å². The van der Waals surface area contributed by atoms with Crippen LogP contribution in [-0.2, 0) is 0 Å². The molecule has 1 aliphatic rings. The fourth-order valence-corrected chi connectivity index (χ4v) is 1.61. The molecule has 0 radical (unpaired) electrons. The van der Waals surface area contributed by atoms with Crippen LogP contribution in [0.5, 0.6) is 0 Å². The van der Waals surface area contributed by atoms with Gasteiger partial charge < -0.3 is 5.32 Å². The van der Waals surface area contributed by atoms with Crippen molar-refractivity contribution >= 4 is 6.08 Å². The van der Waals surface area contributed by atoms with E-state index in [1.54, 1.807) is 0 Å². The van der Waals surface area contributed by atoms with Crippen LogP contribution in [0.3, 0.4) is 0 Å². The van der Waals surface area contributed by atoms with Crippen molar-refractivity contribution in [2.24, 2.45) is 0 Å². The van der Waals surface area contributed by atoms with Gasteiger partial charge in [-0.2, -0.15) is 0 Å². The number of aryl methyl sites for hydroxylation is 1. The zero-order valence-corrected chi connectivity index (χ0v) is 10.2. The molecular weight excluding hydrogens is 196 g/mol. The number of nitrogens with one attached hydrogen (secondary N) is 1. The normalized spacial score (nSPS) is 16.5. The monoisotopic (exact) mass is 216 g/mol. The Labute approximate surface area is 97.8 Å². The lowest BCUT2D eigenvalue weighted by molar-refractivity contribution is 0.722. The molecule has 1 heterocycles. The highest BCUT2D eigenvalue weighted by Crippen LogP contribution is 2.19. The Morgan fingerprint density at radius 3 is 2.88 bits per heavy atom. The van der Waals surface area contributed by atoms with Gasteiger partial charge in [0.15, 0.2) is 0 Å². The van der Waals surface area contributed by atoms with E-state index in [2.05, 4.69) is 42.4 Å². The molecule has 1 fully saturated rings. The molecule has 0 unspecified atom stereocenters. The summed E-state index contributed by atoms with van der Waals surface area (Å²) in [6.45, 7) is 5.28. The molecule has 0 aliphatic heterocycles. The fourth-order valence-electron chi connectivity index (χ4n) is 1.61. The Morgan fingerprint density at radius 1 is 1.50 bits per heavy atom. The molecule has 0 bridgehead atoms. The summed E-state index contributed by atoms with van der Waals surface area (Å²) in [5.41, 5.74) is 3.72. The molecule has 2 heteroatoms. The van der Waals surface area contributed by atoms with Gasteiger partial charge in [-0.3, -0.25) is 4.98 Å². The summed E-state index contributed by atoms with van der Waals surface area (Å²) < 4.78 is 0. The lowest BCUT2D eigenvalue weighted by Gasteiger charge is -2.06. The van der Waals surface area contributed by atoms with Crippen molar-refractivity contribution in [3.8, 4) is 0 Å². The van der Waals surface area contributed by atoms with E-state index >= 15 is 0 Å². The quantitative estimate of drug-likeness (QED) is 0.818. The molecule has 0 atom stereocenters. The lowest BCUT2D eigenvalue weighted by atomic mass is 10.1. The first-order valence-electron chi connectivity index (χ1n) is 6.13. The summed E-state index contributed by atoms with van der Waals surface area (Å²) in [6, 6.07) is 4.98. The van der Waals surface area contributed by atoms with Gasteiger partial charge in [-0.05, 0) is 43.9 Å². The van der Waals surface area contributed by atoms with E-state index in [0.29, 0.717) is 0 Å². The van der Waals surface area contributed by atoms with E-state index in [4.69, 9.17) is 0 Å².